The van der Waals surface area contributed by atoms with Crippen LogP contribution in [0.1, 0.15) is 19.8 Å². The van der Waals surface area contributed by atoms with Gasteiger partial charge in [0.05, 0.1) is 11.0 Å². The molecule has 0 heterocycles. The highest BCUT2D eigenvalue weighted by molar-refractivity contribution is 7.89. The number of benzene rings is 1. The number of halogens is 2. The quantitative estimate of drug-likeness (QED) is 0.569. The Morgan fingerprint density at radius 3 is 2.59 bits per heavy atom. The van der Waals surface area contributed by atoms with Crippen LogP contribution in [0.5, 0.6) is 0 Å². The lowest BCUT2D eigenvalue weighted by molar-refractivity contribution is -0.384. The Morgan fingerprint density at radius 1 is 1.55 bits per heavy atom. The number of carboxylic acid groups (broad SMARTS) is 1. The standard InChI is InChI=1S/C11H12ClFN2O6S/c1-2-3-8(11(16)17)14-22(20,21)10-4-6(12)9(15(18)19)5-7(10)13/h4-5,8,14H,2-3H2,1H3,(H,16,17). The van der Waals surface area contributed by atoms with Crippen molar-refractivity contribution in [2.75, 3.05) is 0 Å². The number of hydrogen-bond acceptors (Lipinski definition) is 5. The molecule has 0 radical (unpaired) electrons. The molecule has 2 N–H and O–H groups in total. The fraction of sp³-hybridized carbons (Fsp3) is 0.364. The number of nitro benzene ring substituents is 1. The van der Waals surface area contributed by atoms with Crippen molar-refractivity contribution < 1.29 is 27.6 Å². The monoisotopic (exact) mass is 354 g/mol. The largest absolute Gasteiger partial charge is 0.480 e. The molecule has 0 bridgehead atoms. The average Bonchev–Trinajstić information content (AvgIpc) is 2.39. The lowest BCUT2D eigenvalue weighted by Crippen LogP contribution is -2.40. The smallest absolute Gasteiger partial charge is 0.321 e. The second-order valence-corrected chi connectivity index (χ2v) is 6.38. The maximum Gasteiger partial charge on any atom is 0.321 e. The Hall–Kier alpha value is -1.78. The Balaban J connectivity index is 3.26. The van der Waals surface area contributed by atoms with Gasteiger partial charge in [-0.05, 0) is 12.5 Å². The van der Waals surface area contributed by atoms with Crippen LogP contribution in [0.3, 0.4) is 0 Å². The van der Waals surface area contributed by atoms with E-state index < -0.39 is 48.4 Å². The number of aliphatic carboxylic acids is 1. The summed E-state index contributed by atoms with van der Waals surface area (Å²) >= 11 is 5.55. The lowest BCUT2D eigenvalue weighted by atomic mass is 10.2. The van der Waals surface area contributed by atoms with Crippen LogP contribution in [0.4, 0.5) is 10.1 Å². The summed E-state index contributed by atoms with van der Waals surface area (Å²) in [7, 11) is -4.54. The number of sulfonamides is 1. The summed E-state index contributed by atoms with van der Waals surface area (Å²) in [5.41, 5.74) is -0.790. The molecule has 8 nitrogen and oxygen atoms in total. The molecule has 1 unspecified atom stereocenters. The number of nitrogens with one attached hydrogen (secondary N) is 1. The Labute approximate surface area is 130 Å². The molecule has 0 aromatic heterocycles. The second-order valence-electron chi connectivity index (χ2n) is 4.29. The van der Waals surface area contributed by atoms with Gasteiger partial charge in [-0.25, -0.2) is 12.8 Å². The van der Waals surface area contributed by atoms with Gasteiger partial charge in [0, 0.05) is 0 Å². The maximum absolute atomic E-state index is 13.8. The number of rotatable bonds is 7. The minimum absolute atomic E-state index is 0.00308. The van der Waals surface area contributed by atoms with Crippen molar-refractivity contribution in [3.8, 4) is 0 Å². The van der Waals surface area contributed by atoms with Gasteiger partial charge in [0.1, 0.15) is 21.8 Å². The zero-order chi connectivity index (χ0) is 17.1. The number of carboxylic acids is 1. The van der Waals surface area contributed by atoms with Crippen LogP contribution in [0.25, 0.3) is 0 Å². The van der Waals surface area contributed by atoms with E-state index in [0.29, 0.717) is 18.6 Å². The fourth-order valence-electron chi connectivity index (χ4n) is 1.64. The first-order valence-corrected chi connectivity index (χ1v) is 7.84. The molecular weight excluding hydrogens is 343 g/mol. The molecule has 0 saturated heterocycles. The first kappa shape index (κ1) is 18.3. The third-order valence-electron chi connectivity index (χ3n) is 2.66. The van der Waals surface area contributed by atoms with E-state index in [2.05, 4.69) is 0 Å². The molecule has 0 aliphatic heterocycles. The van der Waals surface area contributed by atoms with Crippen LogP contribution in [0.2, 0.25) is 5.02 Å². The normalized spacial score (nSPS) is 12.9. The molecule has 1 atom stereocenters. The maximum atomic E-state index is 13.8. The van der Waals surface area contributed by atoms with Crippen molar-refractivity contribution in [2.24, 2.45) is 0 Å². The van der Waals surface area contributed by atoms with E-state index >= 15 is 0 Å². The van der Waals surface area contributed by atoms with Crippen LogP contribution in [-0.4, -0.2) is 30.5 Å². The number of nitrogens with zero attached hydrogens (tertiary/aromatic N) is 1. The SMILES string of the molecule is CCCC(NS(=O)(=O)c1cc(Cl)c([N+](=O)[O-])cc1F)C(=O)O. The molecule has 22 heavy (non-hydrogen) atoms. The third kappa shape index (κ3) is 4.12. The molecule has 122 valence electrons. The van der Waals surface area contributed by atoms with Gasteiger partial charge in [0.25, 0.3) is 5.69 Å². The van der Waals surface area contributed by atoms with Crippen LogP contribution in [0, 0.1) is 15.9 Å². The summed E-state index contributed by atoms with van der Waals surface area (Å²) in [5, 5.41) is 18.9. The second kappa shape index (κ2) is 6.99. The van der Waals surface area contributed by atoms with Gasteiger partial charge in [-0.2, -0.15) is 4.72 Å². The van der Waals surface area contributed by atoms with Gasteiger partial charge in [-0.1, -0.05) is 24.9 Å². The molecule has 0 aliphatic carbocycles. The van der Waals surface area contributed by atoms with Crippen molar-refractivity contribution in [2.45, 2.75) is 30.7 Å². The molecule has 1 rings (SSSR count). The van der Waals surface area contributed by atoms with Gasteiger partial charge in [-0.15, -0.1) is 0 Å². The summed E-state index contributed by atoms with van der Waals surface area (Å²) in [4.78, 5) is 19.6. The van der Waals surface area contributed by atoms with Crippen molar-refractivity contribution in [1.29, 1.82) is 0 Å². The van der Waals surface area contributed by atoms with Crippen molar-refractivity contribution >= 4 is 33.3 Å². The number of nitro groups is 1. The zero-order valence-corrected chi connectivity index (χ0v) is 12.8. The summed E-state index contributed by atoms with van der Waals surface area (Å²) in [6, 6.07) is -0.502. The molecule has 11 heteroatoms. The van der Waals surface area contributed by atoms with Crippen LogP contribution >= 0.6 is 11.6 Å². The van der Waals surface area contributed by atoms with E-state index in [0.717, 1.165) is 0 Å². The fourth-order valence-corrected chi connectivity index (χ4v) is 3.24. The molecule has 0 aliphatic rings. The predicted molar refractivity (Wildman–Crippen MR) is 74.7 cm³/mol. The molecule has 1 aromatic carbocycles. The van der Waals surface area contributed by atoms with Crippen molar-refractivity contribution in [3.63, 3.8) is 0 Å². The topological polar surface area (TPSA) is 127 Å². The Kier molecular flexibility index (Phi) is 5.80. The first-order valence-electron chi connectivity index (χ1n) is 5.98. The van der Waals surface area contributed by atoms with E-state index in [4.69, 9.17) is 16.7 Å². The molecule has 1 aromatic rings. The summed E-state index contributed by atoms with van der Waals surface area (Å²) in [6.45, 7) is 1.65. The summed E-state index contributed by atoms with van der Waals surface area (Å²) < 4.78 is 39.7. The highest BCUT2D eigenvalue weighted by Crippen LogP contribution is 2.29. The van der Waals surface area contributed by atoms with Gasteiger partial charge >= 0.3 is 5.97 Å². The third-order valence-corrected chi connectivity index (χ3v) is 4.45. The van der Waals surface area contributed by atoms with E-state index in [1.54, 1.807) is 6.92 Å². The minimum atomic E-state index is -4.54. The predicted octanol–water partition coefficient (Wildman–Crippen LogP) is 1.92. The Morgan fingerprint density at radius 2 is 2.14 bits per heavy atom. The van der Waals surface area contributed by atoms with E-state index in [9.17, 15) is 27.7 Å². The van der Waals surface area contributed by atoms with Crippen LogP contribution < -0.4 is 4.72 Å². The summed E-state index contributed by atoms with van der Waals surface area (Å²) in [6.07, 6.45) is 0.375. The number of carbonyl (C=O) groups is 1. The van der Waals surface area contributed by atoms with E-state index in [1.165, 1.54) is 0 Å². The van der Waals surface area contributed by atoms with Gasteiger partial charge in [0.2, 0.25) is 10.0 Å². The van der Waals surface area contributed by atoms with Crippen LogP contribution in [0.15, 0.2) is 17.0 Å². The van der Waals surface area contributed by atoms with Crippen molar-refractivity contribution in [3.05, 3.63) is 33.1 Å². The average molecular weight is 355 g/mol. The Bertz CT molecular complexity index is 709. The molecule has 0 amide bonds. The van der Waals surface area contributed by atoms with Gasteiger partial charge in [0.15, 0.2) is 0 Å². The molecule has 0 saturated carbocycles. The molecule has 0 spiro atoms. The first-order chi connectivity index (χ1) is 10.1. The zero-order valence-electron chi connectivity index (χ0n) is 11.2. The molecular formula is C11H12ClFN2O6S. The highest BCUT2D eigenvalue weighted by Gasteiger charge is 2.29. The van der Waals surface area contributed by atoms with Crippen LogP contribution in [-0.2, 0) is 14.8 Å². The highest BCUT2D eigenvalue weighted by atomic mass is 35.5. The minimum Gasteiger partial charge on any atom is -0.480 e. The lowest BCUT2D eigenvalue weighted by Gasteiger charge is -2.14. The van der Waals surface area contributed by atoms with Gasteiger partial charge < -0.3 is 5.11 Å². The van der Waals surface area contributed by atoms with Gasteiger partial charge in [-0.3, -0.25) is 14.9 Å². The number of hydrogen-bond donors (Lipinski definition) is 2. The van der Waals surface area contributed by atoms with Crippen molar-refractivity contribution in [1.82, 2.24) is 4.72 Å². The van der Waals surface area contributed by atoms with E-state index in [-0.39, 0.29) is 6.42 Å². The molecule has 0 fully saturated rings. The van der Waals surface area contributed by atoms with E-state index in [1.807, 2.05) is 4.72 Å². The summed E-state index contributed by atoms with van der Waals surface area (Å²) in [5.74, 6) is -2.82.